The Morgan fingerprint density at radius 2 is 2.44 bits per heavy atom. The van der Waals surface area contributed by atoms with Crippen molar-refractivity contribution in [3.8, 4) is 0 Å². The van der Waals surface area contributed by atoms with E-state index in [1.165, 1.54) is 6.20 Å². The maximum absolute atomic E-state index is 11.1. The summed E-state index contributed by atoms with van der Waals surface area (Å²) in [5.41, 5.74) is 0. The van der Waals surface area contributed by atoms with Crippen LogP contribution in [0.25, 0.3) is 0 Å². The number of rotatable bonds is 6. The Morgan fingerprint density at radius 3 is 2.88 bits per heavy atom. The molecule has 0 fully saturated rings. The second kappa shape index (κ2) is 5.86. The van der Waals surface area contributed by atoms with Gasteiger partial charge in [-0.25, -0.2) is 0 Å². The zero-order chi connectivity index (χ0) is 12.1. The predicted octanol–water partition coefficient (Wildman–Crippen LogP) is 1.55. The molecule has 0 aromatic carbocycles. The first-order chi connectivity index (χ1) is 7.56. The second-order valence-corrected chi connectivity index (χ2v) is 4.09. The predicted molar refractivity (Wildman–Crippen MR) is 61.7 cm³/mol. The summed E-state index contributed by atoms with van der Waals surface area (Å²) in [7, 11) is 0. The molecule has 0 radical (unpaired) electrons. The molecule has 1 heterocycles. The van der Waals surface area contributed by atoms with Gasteiger partial charge in [0, 0.05) is 6.20 Å². The maximum atomic E-state index is 11.1. The molecule has 0 aliphatic carbocycles. The lowest BCUT2D eigenvalue weighted by Gasteiger charge is -2.21. The number of nitrogens with zero attached hydrogens (tertiary/aromatic N) is 2. The normalized spacial score (nSPS) is 14.7. The van der Waals surface area contributed by atoms with Crippen molar-refractivity contribution in [3.63, 3.8) is 0 Å². The molecule has 0 spiro atoms. The first-order valence-electron chi connectivity index (χ1n) is 5.22. The van der Waals surface area contributed by atoms with Crippen molar-refractivity contribution in [2.24, 2.45) is 0 Å². The van der Waals surface area contributed by atoms with E-state index in [9.17, 15) is 4.79 Å². The molecule has 1 aromatic rings. The molecule has 0 saturated carbocycles. The van der Waals surface area contributed by atoms with Crippen molar-refractivity contribution in [3.05, 3.63) is 17.4 Å². The number of halogens is 1. The first-order valence-corrected chi connectivity index (χ1v) is 5.60. The van der Waals surface area contributed by atoms with E-state index in [1.807, 2.05) is 6.92 Å². The van der Waals surface area contributed by atoms with Gasteiger partial charge in [-0.15, -0.1) is 0 Å². The van der Waals surface area contributed by atoms with Crippen molar-refractivity contribution in [1.82, 2.24) is 15.1 Å². The van der Waals surface area contributed by atoms with E-state index in [1.54, 1.807) is 17.8 Å². The molecule has 1 aromatic heterocycles. The highest BCUT2D eigenvalue weighted by Crippen LogP contribution is 2.14. The Balaban J connectivity index is 2.74. The summed E-state index contributed by atoms with van der Waals surface area (Å²) in [6, 6.07) is -0.938. The molecule has 2 N–H and O–H groups in total. The van der Waals surface area contributed by atoms with Gasteiger partial charge in [-0.2, -0.15) is 5.10 Å². The fraction of sp³-hybridized carbons (Fsp3) is 0.600. The molecule has 1 rings (SSSR count). The lowest BCUT2D eigenvalue weighted by Crippen LogP contribution is -2.43. The molecule has 6 heteroatoms. The zero-order valence-corrected chi connectivity index (χ0v) is 10.1. The Morgan fingerprint density at radius 1 is 1.75 bits per heavy atom. The smallest absolute Gasteiger partial charge is 0.322 e. The topological polar surface area (TPSA) is 67.2 Å². The van der Waals surface area contributed by atoms with Gasteiger partial charge >= 0.3 is 5.97 Å². The average molecular weight is 246 g/mol. The summed E-state index contributed by atoms with van der Waals surface area (Å²) in [6.45, 7) is 4.45. The Labute approximate surface area is 99.4 Å². The average Bonchev–Trinajstić information content (AvgIpc) is 2.64. The molecule has 0 bridgehead atoms. The molecule has 2 atom stereocenters. The maximum Gasteiger partial charge on any atom is 0.322 e. The third kappa shape index (κ3) is 3.21. The minimum atomic E-state index is -0.882. The second-order valence-electron chi connectivity index (χ2n) is 3.65. The Bertz CT molecular complexity index is 354. The van der Waals surface area contributed by atoms with E-state index in [0.717, 1.165) is 6.42 Å². The number of hydrogen-bond acceptors (Lipinski definition) is 3. The SMILES string of the molecule is CCCNC(C(=O)O)C(C)n1cc(Cl)cn1. The lowest BCUT2D eigenvalue weighted by molar-refractivity contribution is -0.140. The van der Waals surface area contributed by atoms with E-state index in [2.05, 4.69) is 10.4 Å². The van der Waals surface area contributed by atoms with Crippen LogP contribution in [0.3, 0.4) is 0 Å². The summed E-state index contributed by atoms with van der Waals surface area (Å²) in [6.07, 6.45) is 4.00. The number of carboxylic acids is 1. The van der Waals surface area contributed by atoms with Crippen molar-refractivity contribution in [2.75, 3.05) is 6.54 Å². The molecule has 0 aliphatic heterocycles. The van der Waals surface area contributed by atoms with Crippen LogP contribution in [0.1, 0.15) is 26.3 Å². The van der Waals surface area contributed by atoms with Crippen LogP contribution in [0, 0.1) is 0 Å². The number of carboxylic acid groups (broad SMARTS) is 1. The lowest BCUT2D eigenvalue weighted by atomic mass is 10.1. The fourth-order valence-electron chi connectivity index (χ4n) is 1.45. The molecular formula is C10H16ClN3O2. The molecule has 2 unspecified atom stereocenters. The van der Waals surface area contributed by atoms with Gasteiger partial charge in [0.25, 0.3) is 0 Å². The Kier molecular flexibility index (Phi) is 4.76. The van der Waals surface area contributed by atoms with Crippen LogP contribution >= 0.6 is 11.6 Å². The van der Waals surface area contributed by atoms with Crippen molar-refractivity contribution in [2.45, 2.75) is 32.4 Å². The summed E-state index contributed by atoms with van der Waals surface area (Å²) in [5.74, 6) is -0.882. The van der Waals surface area contributed by atoms with Gasteiger partial charge < -0.3 is 10.4 Å². The highest BCUT2D eigenvalue weighted by Gasteiger charge is 2.25. The molecule has 5 nitrogen and oxygen atoms in total. The van der Waals surface area contributed by atoms with Gasteiger partial charge in [0.1, 0.15) is 6.04 Å². The summed E-state index contributed by atoms with van der Waals surface area (Å²) < 4.78 is 1.56. The van der Waals surface area contributed by atoms with Crippen LogP contribution in [0.2, 0.25) is 5.02 Å². The van der Waals surface area contributed by atoms with Crippen molar-refractivity contribution >= 4 is 17.6 Å². The quantitative estimate of drug-likeness (QED) is 0.798. The molecule has 0 saturated heterocycles. The number of carbonyl (C=O) groups is 1. The van der Waals surface area contributed by atoms with E-state index in [-0.39, 0.29) is 6.04 Å². The van der Waals surface area contributed by atoms with Crippen molar-refractivity contribution < 1.29 is 9.90 Å². The van der Waals surface area contributed by atoms with Crippen LogP contribution in [-0.4, -0.2) is 33.4 Å². The molecule has 0 amide bonds. The van der Waals surface area contributed by atoms with Gasteiger partial charge in [-0.1, -0.05) is 18.5 Å². The van der Waals surface area contributed by atoms with Crippen LogP contribution in [0.4, 0.5) is 0 Å². The molecular weight excluding hydrogens is 230 g/mol. The third-order valence-corrected chi connectivity index (χ3v) is 2.55. The van der Waals surface area contributed by atoms with E-state index >= 15 is 0 Å². The zero-order valence-electron chi connectivity index (χ0n) is 9.35. The largest absolute Gasteiger partial charge is 0.480 e. The fourth-order valence-corrected chi connectivity index (χ4v) is 1.60. The number of aliphatic carboxylic acids is 1. The highest BCUT2D eigenvalue weighted by molar-refractivity contribution is 6.30. The van der Waals surface area contributed by atoms with Crippen LogP contribution in [0.15, 0.2) is 12.4 Å². The monoisotopic (exact) mass is 245 g/mol. The van der Waals surface area contributed by atoms with Gasteiger partial charge in [0.15, 0.2) is 0 Å². The van der Waals surface area contributed by atoms with Gasteiger partial charge in [-0.3, -0.25) is 9.48 Å². The summed E-state index contributed by atoms with van der Waals surface area (Å²) in [5, 5.41) is 16.6. The van der Waals surface area contributed by atoms with Gasteiger partial charge in [0.2, 0.25) is 0 Å². The molecule has 16 heavy (non-hydrogen) atoms. The van der Waals surface area contributed by atoms with E-state index in [0.29, 0.717) is 11.6 Å². The van der Waals surface area contributed by atoms with Crippen LogP contribution in [-0.2, 0) is 4.79 Å². The van der Waals surface area contributed by atoms with Gasteiger partial charge in [0.05, 0.1) is 17.3 Å². The standard InChI is InChI=1S/C10H16ClN3O2/c1-3-4-12-9(10(15)16)7(2)14-6-8(11)5-13-14/h5-7,9,12H,3-4H2,1-2H3,(H,15,16). The number of nitrogens with one attached hydrogen (secondary N) is 1. The first kappa shape index (κ1) is 13.0. The van der Waals surface area contributed by atoms with Crippen LogP contribution in [0.5, 0.6) is 0 Å². The summed E-state index contributed by atoms with van der Waals surface area (Å²) >= 11 is 5.74. The molecule has 90 valence electrons. The van der Waals surface area contributed by atoms with E-state index in [4.69, 9.17) is 16.7 Å². The van der Waals surface area contributed by atoms with E-state index < -0.39 is 12.0 Å². The van der Waals surface area contributed by atoms with Gasteiger partial charge in [-0.05, 0) is 19.9 Å². The number of hydrogen-bond donors (Lipinski definition) is 2. The molecule has 0 aliphatic rings. The minimum Gasteiger partial charge on any atom is -0.480 e. The highest BCUT2D eigenvalue weighted by atomic mass is 35.5. The van der Waals surface area contributed by atoms with Crippen molar-refractivity contribution in [1.29, 1.82) is 0 Å². The third-order valence-electron chi connectivity index (χ3n) is 2.35. The number of aromatic nitrogens is 2. The minimum absolute atomic E-state index is 0.281. The van der Waals surface area contributed by atoms with Crippen LogP contribution < -0.4 is 5.32 Å². The Hall–Kier alpha value is -1.07. The summed E-state index contributed by atoms with van der Waals surface area (Å²) in [4.78, 5) is 11.1.